The van der Waals surface area contributed by atoms with Gasteiger partial charge in [0.05, 0.1) is 11.3 Å². The van der Waals surface area contributed by atoms with Gasteiger partial charge in [0.15, 0.2) is 0 Å². The van der Waals surface area contributed by atoms with Crippen LogP contribution in [0.25, 0.3) is 11.0 Å². The highest BCUT2D eigenvalue weighted by Crippen LogP contribution is 2.25. The number of carbonyl (C=O) groups is 1. The zero-order valence-electron chi connectivity index (χ0n) is 11.1. The number of aromatic nitrogens is 2. The number of nitrogens with one attached hydrogen (secondary N) is 2. The van der Waals surface area contributed by atoms with Crippen LogP contribution in [0.2, 0.25) is 5.02 Å². The summed E-state index contributed by atoms with van der Waals surface area (Å²) in [5, 5.41) is 4.78. The van der Waals surface area contributed by atoms with Crippen molar-refractivity contribution < 1.29 is 4.79 Å². The van der Waals surface area contributed by atoms with E-state index in [2.05, 4.69) is 15.3 Å². The number of aromatic amines is 1. The van der Waals surface area contributed by atoms with Gasteiger partial charge in [0.1, 0.15) is 5.65 Å². The first-order valence-electron chi connectivity index (χ1n) is 6.39. The van der Waals surface area contributed by atoms with E-state index in [9.17, 15) is 4.79 Å². The highest BCUT2D eigenvalue weighted by molar-refractivity contribution is 6.30. The van der Waals surface area contributed by atoms with Crippen LogP contribution in [0, 0.1) is 0 Å². The second-order valence-electron chi connectivity index (χ2n) is 4.63. The average molecular weight is 301 g/mol. The van der Waals surface area contributed by atoms with Crippen LogP contribution in [0.3, 0.4) is 0 Å². The first-order valence-corrected chi connectivity index (χ1v) is 6.77. The smallest absolute Gasteiger partial charge is 0.252 e. The Balaban J connectivity index is 1.94. The molecule has 0 spiro atoms. The van der Waals surface area contributed by atoms with Crippen LogP contribution < -0.4 is 11.1 Å². The summed E-state index contributed by atoms with van der Waals surface area (Å²) in [6.45, 7) is 0.557. The molecule has 0 aliphatic heterocycles. The van der Waals surface area contributed by atoms with E-state index in [0.29, 0.717) is 28.5 Å². The Hall–Kier alpha value is -2.53. The van der Waals surface area contributed by atoms with Gasteiger partial charge in [0, 0.05) is 29.3 Å². The quantitative estimate of drug-likeness (QED) is 0.692. The number of nitrogens with two attached hydrogens (primary N) is 1. The molecule has 0 saturated heterocycles. The van der Waals surface area contributed by atoms with Crippen LogP contribution in [-0.4, -0.2) is 15.9 Å². The first kappa shape index (κ1) is 13.5. The second kappa shape index (κ2) is 5.46. The van der Waals surface area contributed by atoms with Crippen molar-refractivity contribution in [1.82, 2.24) is 9.97 Å². The van der Waals surface area contributed by atoms with Crippen molar-refractivity contribution in [1.29, 1.82) is 0 Å². The molecule has 106 valence electrons. The third-order valence-electron chi connectivity index (χ3n) is 3.23. The van der Waals surface area contributed by atoms with Crippen molar-refractivity contribution in [3.8, 4) is 0 Å². The predicted octanol–water partition coefficient (Wildman–Crippen LogP) is 2.93. The van der Waals surface area contributed by atoms with Crippen molar-refractivity contribution in [3.05, 3.63) is 58.9 Å². The van der Waals surface area contributed by atoms with Crippen LogP contribution in [0.4, 0.5) is 5.69 Å². The summed E-state index contributed by atoms with van der Waals surface area (Å²) in [5.74, 6) is -0.510. The number of nitrogens with zero attached hydrogens (tertiary/aromatic N) is 1. The van der Waals surface area contributed by atoms with Gasteiger partial charge in [-0.3, -0.25) is 4.79 Å². The molecule has 2 aromatic heterocycles. The third kappa shape index (κ3) is 2.68. The molecule has 1 aromatic carbocycles. The largest absolute Gasteiger partial charge is 0.380 e. The van der Waals surface area contributed by atoms with Gasteiger partial charge in [0.2, 0.25) is 0 Å². The number of H-pyrrole nitrogens is 1. The molecule has 0 saturated carbocycles. The zero-order valence-corrected chi connectivity index (χ0v) is 11.8. The van der Waals surface area contributed by atoms with Crippen LogP contribution >= 0.6 is 11.6 Å². The minimum Gasteiger partial charge on any atom is -0.380 e. The Kier molecular flexibility index (Phi) is 3.50. The van der Waals surface area contributed by atoms with E-state index in [1.165, 1.54) is 6.20 Å². The lowest BCUT2D eigenvalue weighted by molar-refractivity contribution is 0.100. The van der Waals surface area contributed by atoms with Crippen molar-refractivity contribution in [2.45, 2.75) is 6.54 Å². The number of hydrogen-bond donors (Lipinski definition) is 3. The molecule has 2 heterocycles. The Labute approximate surface area is 126 Å². The lowest BCUT2D eigenvalue weighted by Gasteiger charge is -2.11. The molecule has 6 heteroatoms. The summed E-state index contributed by atoms with van der Waals surface area (Å²) >= 11 is 5.87. The minimum atomic E-state index is -0.510. The molecule has 3 rings (SSSR count). The van der Waals surface area contributed by atoms with Gasteiger partial charge in [-0.05, 0) is 23.8 Å². The third-order valence-corrected chi connectivity index (χ3v) is 3.49. The number of hydrogen-bond acceptors (Lipinski definition) is 3. The number of halogens is 1. The molecule has 21 heavy (non-hydrogen) atoms. The van der Waals surface area contributed by atoms with Crippen LogP contribution in [0.1, 0.15) is 15.9 Å². The molecule has 0 bridgehead atoms. The van der Waals surface area contributed by atoms with Gasteiger partial charge in [0.25, 0.3) is 5.91 Å². The number of fused-ring (bicyclic) bond motifs is 1. The maximum absolute atomic E-state index is 11.6. The van der Waals surface area contributed by atoms with E-state index in [1.807, 2.05) is 30.3 Å². The van der Waals surface area contributed by atoms with Crippen molar-refractivity contribution in [3.63, 3.8) is 0 Å². The summed E-state index contributed by atoms with van der Waals surface area (Å²) in [5.41, 5.74) is 8.23. The van der Waals surface area contributed by atoms with Crippen LogP contribution in [-0.2, 0) is 6.54 Å². The number of rotatable bonds is 4. The Morgan fingerprint density at radius 2 is 2.05 bits per heavy atom. The van der Waals surface area contributed by atoms with E-state index < -0.39 is 5.91 Å². The van der Waals surface area contributed by atoms with Crippen molar-refractivity contribution in [2.24, 2.45) is 5.73 Å². The Bertz CT molecular complexity index is 795. The molecule has 0 unspecified atom stereocenters. The Morgan fingerprint density at radius 1 is 1.29 bits per heavy atom. The van der Waals surface area contributed by atoms with Gasteiger partial charge < -0.3 is 16.0 Å². The molecular weight excluding hydrogens is 288 g/mol. The fourth-order valence-electron chi connectivity index (χ4n) is 2.18. The predicted molar refractivity (Wildman–Crippen MR) is 83.4 cm³/mol. The van der Waals surface area contributed by atoms with E-state index in [4.69, 9.17) is 17.3 Å². The first-order chi connectivity index (χ1) is 10.1. The summed E-state index contributed by atoms with van der Waals surface area (Å²) in [6.07, 6.45) is 3.25. The summed E-state index contributed by atoms with van der Waals surface area (Å²) in [6, 6.07) is 9.36. The SMILES string of the molecule is NC(=O)c1cnc2[nH]ccc2c1NCc1ccc(Cl)cc1. The maximum Gasteiger partial charge on any atom is 0.252 e. The van der Waals surface area contributed by atoms with Gasteiger partial charge in [-0.15, -0.1) is 0 Å². The van der Waals surface area contributed by atoms with Crippen molar-refractivity contribution in [2.75, 3.05) is 5.32 Å². The average Bonchev–Trinajstić information content (AvgIpc) is 2.94. The van der Waals surface area contributed by atoms with Gasteiger partial charge in [-0.25, -0.2) is 4.98 Å². The maximum atomic E-state index is 11.6. The molecule has 0 aliphatic rings. The topological polar surface area (TPSA) is 83.8 Å². The molecule has 5 nitrogen and oxygen atoms in total. The Morgan fingerprint density at radius 3 is 2.76 bits per heavy atom. The number of amides is 1. The fourth-order valence-corrected chi connectivity index (χ4v) is 2.30. The highest BCUT2D eigenvalue weighted by Gasteiger charge is 2.13. The molecule has 0 aliphatic carbocycles. The normalized spacial score (nSPS) is 10.7. The molecule has 3 aromatic rings. The monoisotopic (exact) mass is 300 g/mol. The van der Waals surface area contributed by atoms with Crippen LogP contribution in [0.5, 0.6) is 0 Å². The second-order valence-corrected chi connectivity index (χ2v) is 5.07. The highest BCUT2D eigenvalue weighted by atomic mass is 35.5. The molecule has 1 amide bonds. The number of primary amides is 1. The minimum absolute atomic E-state index is 0.371. The standard InChI is InChI=1S/C15H13ClN4O/c16-10-3-1-9(2-4-10)7-19-13-11-5-6-18-15(11)20-8-12(13)14(17)21/h1-6,8H,7H2,(H2,17,21)(H2,18,19,20). The fraction of sp³-hybridized carbons (Fsp3) is 0.0667. The zero-order chi connectivity index (χ0) is 14.8. The van der Waals surface area contributed by atoms with Crippen molar-refractivity contribution >= 4 is 34.2 Å². The van der Waals surface area contributed by atoms with E-state index in [0.717, 1.165) is 10.9 Å². The number of pyridine rings is 1. The van der Waals surface area contributed by atoms with Gasteiger partial charge >= 0.3 is 0 Å². The molecular formula is C15H13ClN4O. The number of anilines is 1. The molecule has 0 atom stereocenters. The molecule has 0 radical (unpaired) electrons. The number of carbonyl (C=O) groups excluding carboxylic acids is 1. The van der Waals surface area contributed by atoms with Crippen LogP contribution in [0.15, 0.2) is 42.7 Å². The van der Waals surface area contributed by atoms with Gasteiger partial charge in [-0.2, -0.15) is 0 Å². The number of benzene rings is 1. The lowest BCUT2D eigenvalue weighted by atomic mass is 10.1. The summed E-state index contributed by atoms with van der Waals surface area (Å²) in [4.78, 5) is 18.7. The van der Waals surface area contributed by atoms with E-state index >= 15 is 0 Å². The molecule has 4 N–H and O–H groups in total. The summed E-state index contributed by atoms with van der Waals surface area (Å²) in [7, 11) is 0. The van der Waals surface area contributed by atoms with Gasteiger partial charge in [-0.1, -0.05) is 23.7 Å². The lowest BCUT2D eigenvalue weighted by Crippen LogP contribution is -2.15. The van der Waals surface area contributed by atoms with E-state index in [1.54, 1.807) is 6.20 Å². The molecule has 0 fully saturated rings. The van der Waals surface area contributed by atoms with E-state index in [-0.39, 0.29) is 0 Å². The summed E-state index contributed by atoms with van der Waals surface area (Å²) < 4.78 is 0.